The zero-order valence-electron chi connectivity index (χ0n) is 24.2. The lowest BCUT2D eigenvalue weighted by molar-refractivity contribution is -0.141. The Bertz CT molecular complexity index is 1650. The number of hydrogen-bond donors (Lipinski definition) is 2. The maximum Gasteiger partial charge on any atom is 0.243 e. The van der Waals surface area contributed by atoms with Gasteiger partial charge in [-0.15, -0.1) is 0 Å². The molecule has 3 aromatic carbocycles. The molecule has 1 aliphatic rings. The molecule has 10 heteroatoms. The summed E-state index contributed by atoms with van der Waals surface area (Å²) < 4.78 is 41.5. The molecule has 1 saturated carbocycles. The Labute approximate surface area is 257 Å². The van der Waals surface area contributed by atoms with Crippen molar-refractivity contribution in [2.24, 2.45) is 0 Å². The van der Waals surface area contributed by atoms with Crippen LogP contribution in [0.4, 0.5) is 4.39 Å². The molecule has 0 unspecified atom stereocenters. The minimum absolute atomic E-state index is 0.00937. The first-order chi connectivity index (χ1) is 21.3. The minimum Gasteiger partial charge on any atom is -0.350 e. The van der Waals surface area contributed by atoms with Gasteiger partial charge >= 0.3 is 0 Å². The van der Waals surface area contributed by atoms with E-state index in [1.807, 2.05) is 42.5 Å². The van der Waals surface area contributed by atoms with Crippen molar-refractivity contribution in [3.63, 3.8) is 0 Å². The molecular formula is C34H35FN4O4S. The maximum absolute atomic E-state index is 13.9. The number of nitrogens with zero attached hydrogens (tertiary/aromatic N) is 2. The molecule has 1 aromatic heterocycles. The number of aryl methyl sites for hydroxylation is 1. The van der Waals surface area contributed by atoms with Gasteiger partial charge in [-0.3, -0.25) is 14.6 Å². The number of carbonyl (C=O) groups excluding carboxylic acids is 2. The number of benzene rings is 3. The highest BCUT2D eigenvalue weighted by Gasteiger charge is 2.31. The molecule has 1 fully saturated rings. The van der Waals surface area contributed by atoms with Crippen molar-refractivity contribution in [3.8, 4) is 0 Å². The molecule has 2 N–H and O–H groups in total. The largest absolute Gasteiger partial charge is 0.350 e. The van der Waals surface area contributed by atoms with Crippen molar-refractivity contribution in [2.45, 2.75) is 62.2 Å². The summed E-state index contributed by atoms with van der Waals surface area (Å²) in [6.45, 7) is 0.388. The maximum atomic E-state index is 13.9. The van der Waals surface area contributed by atoms with E-state index < -0.39 is 16.1 Å². The Hall–Kier alpha value is -4.41. The molecular weight excluding hydrogens is 579 g/mol. The Morgan fingerprint density at radius 2 is 1.50 bits per heavy atom. The quantitative estimate of drug-likeness (QED) is 0.217. The first-order valence-electron chi connectivity index (χ1n) is 14.6. The van der Waals surface area contributed by atoms with Gasteiger partial charge in [-0.25, -0.2) is 17.5 Å². The van der Waals surface area contributed by atoms with E-state index in [0.717, 1.165) is 29.5 Å². The predicted octanol–water partition coefficient (Wildman–Crippen LogP) is 4.55. The van der Waals surface area contributed by atoms with Crippen LogP contribution in [0.5, 0.6) is 0 Å². The molecule has 1 atom stereocenters. The summed E-state index contributed by atoms with van der Waals surface area (Å²) >= 11 is 0. The van der Waals surface area contributed by atoms with E-state index in [9.17, 15) is 22.4 Å². The van der Waals surface area contributed by atoms with E-state index in [1.54, 1.807) is 53.7 Å². The van der Waals surface area contributed by atoms with Crippen molar-refractivity contribution in [3.05, 3.63) is 131 Å². The van der Waals surface area contributed by atoms with Gasteiger partial charge < -0.3 is 10.2 Å². The SMILES string of the molecule is O=C(NCc1ccncc1)[C@H](Cc1ccccc1)N(Cc1ccc(F)cc1)C(=O)CCc1ccc(S(=O)(=O)NC2CC2)cc1. The molecule has 0 aliphatic heterocycles. The highest BCUT2D eigenvalue weighted by atomic mass is 32.2. The van der Waals surface area contributed by atoms with Crippen LogP contribution in [0.2, 0.25) is 0 Å². The highest BCUT2D eigenvalue weighted by molar-refractivity contribution is 7.89. The average molecular weight is 615 g/mol. The molecule has 2 amide bonds. The van der Waals surface area contributed by atoms with Gasteiger partial charge in [0.15, 0.2) is 0 Å². The fourth-order valence-corrected chi connectivity index (χ4v) is 6.17. The van der Waals surface area contributed by atoms with E-state index in [-0.39, 0.29) is 54.5 Å². The predicted molar refractivity (Wildman–Crippen MR) is 165 cm³/mol. The van der Waals surface area contributed by atoms with Crippen LogP contribution in [0.25, 0.3) is 0 Å². The normalized spacial score (nSPS) is 13.7. The number of pyridine rings is 1. The molecule has 44 heavy (non-hydrogen) atoms. The summed E-state index contributed by atoms with van der Waals surface area (Å²) in [4.78, 5) is 33.4. The second kappa shape index (κ2) is 14.4. The molecule has 0 saturated heterocycles. The molecule has 228 valence electrons. The van der Waals surface area contributed by atoms with Crippen LogP contribution in [0.3, 0.4) is 0 Å². The van der Waals surface area contributed by atoms with Gasteiger partial charge in [-0.05, 0) is 77.9 Å². The van der Waals surface area contributed by atoms with E-state index >= 15 is 0 Å². The van der Waals surface area contributed by atoms with E-state index in [4.69, 9.17) is 0 Å². The fraction of sp³-hybridized carbons (Fsp3) is 0.265. The first kappa shape index (κ1) is 31.0. The summed E-state index contributed by atoms with van der Waals surface area (Å²) in [6.07, 6.45) is 5.73. The van der Waals surface area contributed by atoms with Gasteiger partial charge in [-0.1, -0.05) is 54.6 Å². The Balaban J connectivity index is 1.36. The minimum atomic E-state index is -3.57. The molecule has 0 radical (unpaired) electrons. The number of carbonyl (C=O) groups is 2. The number of hydrogen-bond acceptors (Lipinski definition) is 5. The Morgan fingerprint density at radius 3 is 2.16 bits per heavy atom. The van der Waals surface area contributed by atoms with Crippen molar-refractivity contribution < 1.29 is 22.4 Å². The number of halogens is 1. The monoisotopic (exact) mass is 614 g/mol. The van der Waals surface area contributed by atoms with E-state index in [0.29, 0.717) is 12.0 Å². The van der Waals surface area contributed by atoms with Gasteiger partial charge in [-0.2, -0.15) is 0 Å². The number of nitrogens with one attached hydrogen (secondary N) is 2. The average Bonchev–Trinajstić information content (AvgIpc) is 3.86. The molecule has 1 aliphatic carbocycles. The lowest BCUT2D eigenvalue weighted by atomic mass is 10.0. The van der Waals surface area contributed by atoms with Crippen LogP contribution in [0.15, 0.2) is 108 Å². The molecule has 5 rings (SSSR count). The third kappa shape index (κ3) is 8.81. The van der Waals surface area contributed by atoms with Crippen LogP contribution >= 0.6 is 0 Å². The van der Waals surface area contributed by atoms with Crippen LogP contribution in [-0.2, 0) is 45.5 Å². The van der Waals surface area contributed by atoms with Crippen LogP contribution < -0.4 is 10.0 Å². The smallest absolute Gasteiger partial charge is 0.243 e. The summed E-state index contributed by atoms with van der Waals surface area (Å²) in [5, 5.41) is 2.98. The Morgan fingerprint density at radius 1 is 0.841 bits per heavy atom. The van der Waals surface area contributed by atoms with Crippen LogP contribution in [0, 0.1) is 5.82 Å². The third-order valence-electron chi connectivity index (χ3n) is 7.51. The van der Waals surface area contributed by atoms with Crippen molar-refractivity contribution in [1.29, 1.82) is 0 Å². The van der Waals surface area contributed by atoms with Gasteiger partial charge in [0.05, 0.1) is 4.90 Å². The van der Waals surface area contributed by atoms with Crippen LogP contribution in [-0.4, -0.2) is 42.2 Å². The second-order valence-electron chi connectivity index (χ2n) is 11.0. The molecule has 4 aromatic rings. The molecule has 1 heterocycles. The molecule has 0 bridgehead atoms. The van der Waals surface area contributed by atoms with Crippen molar-refractivity contribution in [1.82, 2.24) is 19.9 Å². The lowest BCUT2D eigenvalue weighted by Gasteiger charge is -2.31. The number of amides is 2. The van der Waals surface area contributed by atoms with E-state index in [1.165, 1.54) is 12.1 Å². The first-order valence-corrected chi connectivity index (χ1v) is 16.1. The molecule has 0 spiro atoms. The third-order valence-corrected chi connectivity index (χ3v) is 9.05. The summed E-state index contributed by atoms with van der Waals surface area (Å²) in [5.41, 5.74) is 3.26. The summed E-state index contributed by atoms with van der Waals surface area (Å²) in [5.74, 6) is -0.944. The standard InChI is InChI=1S/C34H35FN4O4S/c35-29-11-6-28(7-12-29)24-39(33(40)17-10-25-8-15-31(16-9-25)44(42,43)38-30-13-14-30)32(22-26-4-2-1-3-5-26)34(41)37-23-27-18-20-36-21-19-27/h1-9,11-12,15-16,18-21,30,32,38H,10,13-14,17,22-24H2,(H,37,41)/t32-/m0/s1. The highest BCUT2D eigenvalue weighted by Crippen LogP contribution is 2.23. The second-order valence-corrected chi connectivity index (χ2v) is 12.7. The van der Waals surface area contributed by atoms with Crippen molar-refractivity contribution >= 4 is 21.8 Å². The topological polar surface area (TPSA) is 108 Å². The van der Waals surface area contributed by atoms with Crippen LogP contribution in [0.1, 0.15) is 41.5 Å². The van der Waals surface area contributed by atoms with Gasteiger partial charge in [0.2, 0.25) is 21.8 Å². The zero-order valence-corrected chi connectivity index (χ0v) is 25.0. The van der Waals surface area contributed by atoms with Crippen molar-refractivity contribution in [2.75, 3.05) is 0 Å². The zero-order chi connectivity index (χ0) is 30.9. The van der Waals surface area contributed by atoms with Gasteiger partial charge in [0.25, 0.3) is 0 Å². The summed E-state index contributed by atoms with van der Waals surface area (Å²) in [7, 11) is -3.57. The van der Waals surface area contributed by atoms with Gasteiger partial charge in [0.1, 0.15) is 11.9 Å². The fourth-order valence-electron chi connectivity index (χ4n) is 4.87. The Kier molecular flexibility index (Phi) is 10.1. The van der Waals surface area contributed by atoms with E-state index in [2.05, 4.69) is 15.0 Å². The number of aromatic nitrogens is 1. The number of sulfonamides is 1. The van der Waals surface area contributed by atoms with Gasteiger partial charge in [0, 0.05) is 44.4 Å². The number of rotatable bonds is 14. The molecule has 8 nitrogen and oxygen atoms in total. The lowest BCUT2D eigenvalue weighted by Crippen LogP contribution is -2.50. The summed E-state index contributed by atoms with van der Waals surface area (Å²) in [6, 6.07) is 24.7.